The van der Waals surface area contributed by atoms with Crippen LogP contribution in [0.2, 0.25) is 0 Å². The molecule has 0 spiro atoms. The van der Waals surface area contributed by atoms with Gasteiger partial charge in [-0.25, -0.2) is 0 Å². The molecular formula is C30H37N3O. The Bertz CT molecular complexity index is 1100. The van der Waals surface area contributed by atoms with E-state index in [9.17, 15) is 5.11 Å². The number of rotatable bonds is 5. The Kier molecular flexibility index (Phi) is 8.71. The molecule has 178 valence electrons. The first-order chi connectivity index (χ1) is 16.7. The van der Waals surface area contributed by atoms with E-state index in [1.54, 1.807) is 0 Å². The molecule has 3 aromatic rings. The summed E-state index contributed by atoms with van der Waals surface area (Å²) in [4.78, 5) is 2.45. The molecule has 4 nitrogen and oxygen atoms in total. The van der Waals surface area contributed by atoms with Crippen molar-refractivity contribution in [3.63, 3.8) is 0 Å². The van der Waals surface area contributed by atoms with E-state index < -0.39 is 0 Å². The van der Waals surface area contributed by atoms with Crippen molar-refractivity contribution in [2.75, 3.05) is 26.2 Å². The number of likely N-dealkylation sites (tertiary alicyclic amines) is 1. The number of aliphatic hydroxyl groups is 1. The zero-order valence-electron chi connectivity index (χ0n) is 20.3. The van der Waals surface area contributed by atoms with Gasteiger partial charge in [0.2, 0.25) is 0 Å². The normalized spacial score (nSPS) is 20.5. The van der Waals surface area contributed by atoms with E-state index in [0.29, 0.717) is 11.6 Å². The molecule has 0 radical (unpaired) electrons. The van der Waals surface area contributed by atoms with Gasteiger partial charge in [0.25, 0.3) is 0 Å². The van der Waals surface area contributed by atoms with E-state index in [1.165, 1.54) is 54.1 Å². The molecule has 2 N–H and O–H groups in total. The van der Waals surface area contributed by atoms with Crippen molar-refractivity contribution in [1.82, 2.24) is 10.2 Å². The van der Waals surface area contributed by atoms with E-state index >= 15 is 0 Å². The summed E-state index contributed by atoms with van der Waals surface area (Å²) >= 11 is 0. The number of benzene rings is 3. The molecule has 4 heteroatoms. The van der Waals surface area contributed by atoms with E-state index in [2.05, 4.69) is 59.6 Å². The van der Waals surface area contributed by atoms with Crippen molar-refractivity contribution >= 4 is 10.8 Å². The van der Waals surface area contributed by atoms with E-state index in [0.717, 1.165) is 37.5 Å². The lowest BCUT2D eigenvalue weighted by Gasteiger charge is -2.34. The molecule has 0 aliphatic carbocycles. The summed E-state index contributed by atoms with van der Waals surface area (Å²) < 4.78 is 0. The minimum absolute atomic E-state index is 0.274. The lowest BCUT2D eigenvalue weighted by Crippen LogP contribution is -2.42. The van der Waals surface area contributed by atoms with Crippen molar-refractivity contribution in [2.24, 2.45) is 0 Å². The topological polar surface area (TPSA) is 59.3 Å². The molecule has 2 aliphatic heterocycles. The minimum Gasteiger partial charge on any atom is -0.395 e. The van der Waals surface area contributed by atoms with Gasteiger partial charge in [-0.3, -0.25) is 4.90 Å². The molecule has 2 atom stereocenters. The number of fused-ring (bicyclic) bond motifs is 1. The zero-order valence-corrected chi connectivity index (χ0v) is 20.3. The third-order valence-electron chi connectivity index (χ3n) is 7.21. The molecule has 0 amide bonds. The molecule has 0 saturated carbocycles. The van der Waals surface area contributed by atoms with Gasteiger partial charge in [-0.1, -0.05) is 48.9 Å². The van der Waals surface area contributed by atoms with Gasteiger partial charge in [0.15, 0.2) is 0 Å². The number of hydrogen-bond donors (Lipinski definition) is 2. The third kappa shape index (κ3) is 6.45. The van der Waals surface area contributed by atoms with Gasteiger partial charge in [-0.15, -0.1) is 0 Å². The maximum atomic E-state index is 9.59. The number of aliphatic hydroxyl groups excluding tert-OH is 1. The van der Waals surface area contributed by atoms with E-state index in [-0.39, 0.29) is 6.61 Å². The predicted octanol–water partition coefficient (Wildman–Crippen LogP) is 5.53. The van der Waals surface area contributed by atoms with Crippen LogP contribution < -0.4 is 5.32 Å². The second-order valence-electron chi connectivity index (χ2n) is 9.70. The molecule has 0 bridgehead atoms. The van der Waals surface area contributed by atoms with Crippen molar-refractivity contribution in [3.05, 3.63) is 71.8 Å². The fourth-order valence-electron chi connectivity index (χ4n) is 5.06. The van der Waals surface area contributed by atoms with Gasteiger partial charge in [-0.2, -0.15) is 5.26 Å². The largest absolute Gasteiger partial charge is 0.395 e. The van der Waals surface area contributed by atoms with Crippen LogP contribution in [0.5, 0.6) is 0 Å². The van der Waals surface area contributed by atoms with Gasteiger partial charge < -0.3 is 10.4 Å². The molecule has 2 saturated heterocycles. The predicted molar refractivity (Wildman–Crippen MR) is 141 cm³/mol. The van der Waals surface area contributed by atoms with Gasteiger partial charge in [0.05, 0.1) is 18.2 Å². The molecule has 34 heavy (non-hydrogen) atoms. The average Bonchev–Trinajstić information content (AvgIpc) is 3.38. The van der Waals surface area contributed by atoms with Crippen LogP contribution >= 0.6 is 0 Å². The molecular weight excluding hydrogens is 418 g/mol. The van der Waals surface area contributed by atoms with Gasteiger partial charge in [-0.05, 0) is 97.8 Å². The number of nitriles is 1. The second kappa shape index (κ2) is 12.1. The molecule has 3 aromatic carbocycles. The first kappa shape index (κ1) is 24.4. The molecule has 2 fully saturated rings. The Morgan fingerprint density at radius 1 is 0.941 bits per heavy atom. The first-order valence-corrected chi connectivity index (χ1v) is 12.8. The number of nitrogens with one attached hydrogen (secondary N) is 1. The SMILES string of the molecule is C[C@@H]1CCCN1.N#Cc1ccc(-c2ccc3cc(CCN4CCCC[C@@H]4CO)ccc3c2)cc1. The third-order valence-corrected chi connectivity index (χ3v) is 7.21. The Morgan fingerprint density at radius 2 is 1.71 bits per heavy atom. The monoisotopic (exact) mass is 455 g/mol. The minimum atomic E-state index is 0.274. The summed E-state index contributed by atoms with van der Waals surface area (Å²) in [7, 11) is 0. The molecule has 0 aromatic heterocycles. The number of nitrogens with zero attached hydrogens (tertiary/aromatic N) is 2. The lowest BCUT2D eigenvalue weighted by molar-refractivity contribution is 0.0913. The standard InChI is InChI=1S/C25H26N2O.C5H11N/c26-17-20-5-7-21(8-6-20)23-11-10-22-15-19(4-9-24(22)16-23)12-14-27-13-2-1-3-25(27)18-28;1-5-3-2-4-6-5/h4-11,15-16,25,28H,1-3,12-14,18H2;5-6H,2-4H2,1H3/t25-;5-/m11/s1. The smallest absolute Gasteiger partial charge is 0.0991 e. The lowest BCUT2D eigenvalue weighted by atomic mass is 9.98. The Hall–Kier alpha value is -2.71. The molecule has 2 heterocycles. The van der Waals surface area contributed by atoms with E-state index in [1.807, 2.05) is 24.3 Å². The van der Waals surface area contributed by atoms with Crippen LogP contribution in [0, 0.1) is 11.3 Å². The van der Waals surface area contributed by atoms with Crippen LogP contribution in [0.3, 0.4) is 0 Å². The second-order valence-corrected chi connectivity index (χ2v) is 9.70. The van der Waals surface area contributed by atoms with Crippen LogP contribution in [0.25, 0.3) is 21.9 Å². The Labute approximate surface area is 204 Å². The summed E-state index contributed by atoms with van der Waals surface area (Å²) in [5, 5.41) is 24.4. The molecule has 0 unspecified atom stereocenters. The maximum absolute atomic E-state index is 9.59. The van der Waals surface area contributed by atoms with Crippen LogP contribution in [-0.2, 0) is 6.42 Å². The highest BCUT2D eigenvalue weighted by Crippen LogP contribution is 2.26. The van der Waals surface area contributed by atoms with Crippen LogP contribution in [0.15, 0.2) is 60.7 Å². The summed E-state index contributed by atoms with van der Waals surface area (Å²) in [6, 6.07) is 24.3. The summed E-state index contributed by atoms with van der Waals surface area (Å²) in [5.41, 5.74) is 4.33. The first-order valence-electron chi connectivity index (χ1n) is 12.8. The maximum Gasteiger partial charge on any atom is 0.0991 e. The Morgan fingerprint density at radius 3 is 2.38 bits per heavy atom. The van der Waals surface area contributed by atoms with Crippen molar-refractivity contribution in [2.45, 2.75) is 57.5 Å². The summed E-state index contributed by atoms with van der Waals surface area (Å²) in [6.45, 7) is 5.86. The fraction of sp³-hybridized carbons (Fsp3) is 0.433. The van der Waals surface area contributed by atoms with Gasteiger partial charge in [0, 0.05) is 18.6 Å². The van der Waals surface area contributed by atoms with Gasteiger partial charge >= 0.3 is 0 Å². The van der Waals surface area contributed by atoms with Crippen LogP contribution in [-0.4, -0.2) is 48.3 Å². The quantitative estimate of drug-likeness (QED) is 0.531. The van der Waals surface area contributed by atoms with Gasteiger partial charge in [0.1, 0.15) is 0 Å². The highest BCUT2D eigenvalue weighted by Gasteiger charge is 2.20. The zero-order chi connectivity index (χ0) is 23.8. The number of hydrogen-bond acceptors (Lipinski definition) is 4. The van der Waals surface area contributed by atoms with Crippen LogP contribution in [0.4, 0.5) is 0 Å². The average molecular weight is 456 g/mol. The summed E-state index contributed by atoms with van der Waals surface area (Å²) in [5.74, 6) is 0. The highest BCUT2D eigenvalue weighted by atomic mass is 16.3. The fourth-order valence-corrected chi connectivity index (χ4v) is 5.06. The number of piperidine rings is 1. The highest BCUT2D eigenvalue weighted by molar-refractivity contribution is 5.87. The molecule has 2 aliphatic rings. The summed E-state index contributed by atoms with van der Waals surface area (Å²) in [6.07, 6.45) is 7.36. The molecule has 5 rings (SSSR count). The van der Waals surface area contributed by atoms with Crippen molar-refractivity contribution in [1.29, 1.82) is 5.26 Å². The van der Waals surface area contributed by atoms with E-state index in [4.69, 9.17) is 5.26 Å². The van der Waals surface area contributed by atoms with Crippen molar-refractivity contribution < 1.29 is 5.11 Å². The van der Waals surface area contributed by atoms with Crippen molar-refractivity contribution in [3.8, 4) is 17.2 Å². The van der Waals surface area contributed by atoms with Crippen LogP contribution in [0.1, 0.15) is 50.2 Å². The Balaban J connectivity index is 0.000000398.